The van der Waals surface area contributed by atoms with Crippen LogP contribution in [0.3, 0.4) is 0 Å². The average molecular weight is 280 g/mol. The third kappa shape index (κ3) is 4.12. The van der Waals surface area contributed by atoms with Gasteiger partial charge in [-0.25, -0.2) is 0 Å². The van der Waals surface area contributed by atoms with Crippen LogP contribution in [0.4, 0.5) is 5.69 Å². The van der Waals surface area contributed by atoms with Crippen molar-refractivity contribution in [2.24, 2.45) is 0 Å². The first-order valence-electron chi connectivity index (χ1n) is 7.15. The Morgan fingerprint density at radius 2 is 2.05 bits per heavy atom. The predicted molar refractivity (Wildman–Crippen MR) is 84.7 cm³/mol. The smallest absolute Gasteiger partial charge is 0.125 e. The zero-order valence-corrected chi connectivity index (χ0v) is 13.5. The van der Waals surface area contributed by atoms with Crippen LogP contribution in [0.2, 0.25) is 0 Å². The lowest BCUT2D eigenvalue weighted by molar-refractivity contribution is 0.0875. The van der Waals surface area contributed by atoms with Crippen LogP contribution in [0.15, 0.2) is 18.2 Å². The Kier molecular flexibility index (Phi) is 5.84. The summed E-state index contributed by atoms with van der Waals surface area (Å²) in [6, 6.07) is 6.23. The van der Waals surface area contributed by atoms with Gasteiger partial charge in [0.2, 0.25) is 0 Å². The third-order valence-electron chi connectivity index (χ3n) is 3.43. The summed E-state index contributed by atoms with van der Waals surface area (Å²) in [5.41, 5.74) is 1.50. The van der Waals surface area contributed by atoms with Crippen molar-refractivity contribution in [3.05, 3.63) is 23.8 Å². The fourth-order valence-corrected chi connectivity index (χ4v) is 2.40. The number of ether oxygens (including phenoxy) is 1. The molecule has 20 heavy (non-hydrogen) atoms. The van der Waals surface area contributed by atoms with E-state index in [1.165, 1.54) is 0 Å². The number of hydrogen-bond acceptors (Lipinski definition) is 4. The standard InChI is InChI=1S/C16H28N2O2/c1-7-18(11-16(3,4)19)13-9-8-10-14(20-6)15(13)12(2)17-5/h8-10,12,17,19H,7,11H2,1-6H3. The number of likely N-dealkylation sites (N-methyl/N-ethyl adjacent to an activating group) is 1. The Morgan fingerprint density at radius 3 is 2.50 bits per heavy atom. The average Bonchev–Trinajstić information content (AvgIpc) is 2.42. The molecule has 1 unspecified atom stereocenters. The van der Waals surface area contributed by atoms with Crippen LogP contribution >= 0.6 is 0 Å². The van der Waals surface area contributed by atoms with Crippen LogP contribution in [0.5, 0.6) is 5.75 Å². The molecule has 0 fully saturated rings. The molecule has 0 bridgehead atoms. The second-order valence-corrected chi connectivity index (χ2v) is 5.73. The van der Waals surface area contributed by atoms with Crippen LogP contribution in [-0.2, 0) is 0 Å². The molecule has 2 N–H and O–H groups in total. The lowest BCUT2D eigenvalue weighted by atomic mass is 10.0. The summed E-state index contributed by atoms with van der Waals surface area (Å²) in [4.78, 5) is 2.19. The Balaban J connectivity index is 3.27. The molecule has 0 aromatic heterocycles. The Hall–Kier alpha value is -1.26. The number of aliphatic hydroxyl groups is 1. The SMILES string of the molecule is CCN(CC(C)(C)O)c1cccc(OC)c1C(C)NC. The van der Waals surface area contributed by atoms with Crippen molar-refractivity contribution in [3.63, 3.8) is 0 Å². The number of rotatable bonds is 7. The quantitative estimate of drug-likeness (QED) is 0.806. The van der Waals surface area contributed by atoms with E-state index in [0.29, 0.717) is 6.54 Å². The molecular formula is C16H28N2O2. The number of nitrogens with zero attached hydrogens (tertiary/aromatic N) is 1. The van der Waals surface area contributed by atoms with Crippen LogP contribution in [0, 0.1) is 0 Å². The minimum absolute atomic E-state index is 0.178. The van der Waals surface area contributed by atoms with Crippen LogP contribution < -0.4 is 15.0 Å². The lowest BCUT2D eigenvalue weighted by Gasteiger charge is -2.33. The van der Waals surface area contributed by atoms with E-state index >= 15 is 0 Å². The van der Waals surface area contributed by atoms with Gasteiger partial charge in [-0.05, 0) is 46.9 Å². The highest BCUT2D eigenvalue weighted by atomic mass is 16.5. The molecule has 0 saturated heterocycles. The summed E-state index contributed by atoms with van der Waals surface area (Å²) in [5.74, 6) is 0.874. The van der Waals surface area contributed by atoms with Gasteiger partial charge in [0.25, 0.3) is 0 Å². The fourth-order valence-electron chi connectivity index (χ4n) is 2.40. The summed E-state index contributed by atoms with van der Waals surface area (Å²) in [6.45, 7) is 9.28. The number of nitrogens with one attached hydrogen (secondary N) is 1. The summed E-state index contributed by atoms with van der Waals surface area (Å²) in [7, 11) is 3.63. The summed E-state index contributed by atoms with van der Waals surface area (Å²) < 4.78 is 5.50. The monoisotopic (exact) mass is 280 g/mol. The minimum atomic E-state index is -0.737. The van der Waals surface area contributed by atoms with Gasteiger partial charge in [-0.3, -0.25) is 0 Å². The molecule has 1 aromatic carbocycles. The highest BCUT2D eigenvalue weighted by Gasteiger charge is 2.23. The van der Waals surface area contributed by atoms with Gasteiger partial charge in [-0.2, -0.15) is 0 Å². The van der Waals surface area contributed by atoms with Gasteiger partial charge >= 0.3 is 0 Å². The molecule has 0 radical (unpaired) electrons. The van der Waals surface area contributed by atoms with Crippen molar-refractivity contribution in [3.8, 4) is 5.75 Å². The molecule has 4 nitrogen and oxygen atoms in total. The van der Waals surface area contributed by atoms with E-state index in [-0.39, 0.29) is 6.04 Å². The maximum absolute atomic E-state index is 10.1. The van der Waals surface area contributed by atoms with Crippen molar-refractivity contribution < 1.29 is 9.84 Å². The maximum atomic E-state index is 10.1. The minimum Gasteiger partial charge on any atom is -0.496 e. The van der Waals surface area contributed by atoms with Crippen LogP contribution in [0.25, 0.3) is 0 Å². The largest absolute Gasteiger partial charge is 0.496 e. The first-order valence-corrected chi connectivity index (χ1v) is 7.15. The number of benzene rings is 1. The summed E-state index contributed by atoms with van der Waals surface area (Å²) in [6.07, 6.45) is 0. The molecule has 114 valence electrons. The molecule has 0 spiro atoms. The van der Waals surface area contributed by atoms with Gasteiger partial charge in [0.15, 0.2) is 0 Å². The summed E-state index contributed by atoms with van der Waals surface area (Å²) in [5, 5.41) is 13.4. The van der Waals surface area contributed by atoms with Crippen LogP contribution in [0.1, 0.15) is 39.3 Å². The maximum Gasteiger partial charge on any atom is 0.125 e. The molecule has 0 heterocycles. The molecule has 1 aromatic rings. The van der Waals surface area contributed by atoms with Crippen molar-refractivity contribution >= 4 is 5.69 Å². The zero-order valence-electron chi connectivity index (χ0n) is 13.5. The molecule has 0 aliphatic carbocycles. The first-order chi connectivity index (χ1) is 9.34. The van der Waals surface area contributed by atoms with Gasteiger partial charge in [-0.15, -0.1) is 0 Å². The molecule has 0 saturated carbocycles. The van der Waals surface area contributed by atoms with E-state index < -0.39 is 5.60 Å². The molecule has 1 rings (SSSR count). The van der Waals surface area contributed by atoms with E-state index in [2.05, 4.69) is 30.1 Å². The fraction of sp³-hybridized carbons (Fsp3) is 0.625. The molecular weight excluding hydrogens is 252 g/mol. The van der Waals surface area contributed by atoms with Crippen LogP contribution in [-0.4, -0.2) is 38.0 Å². The normalized spacial score (nSPS) is 13.2. The highest BCUT2D eigenvalue weighted by Crippen LogP contribution is 2.35. The van der Waals surface area contributed by atoms with E-state index in [1.54, 1.807) is 7.11 Å². The molecule has 4 heteroatoms. The van der Waals surface area contributed by atoms with Gasteiger partial charge in [0.05, 0.1) is 12.7 Å². The van der Waals surface area contributed by atoms with Gasteiger partial charge in [-0.1, -0.05) is 6.07 Å². The van der Waals surface area contributed by atoms with Crippen molar-refractivity contribution in [1.82, 2.24) is 5.32 Å². The van der Waals surface area contributed by atoms with Gasteiger partial charge in [0, 0.05) is 30.4 Å². The molecule has 1 atom stereocenters. The number of methoxy groups -OCH3 is 1. The topological polar surface area (TPSA) is 44.7 Å². The summed E-state index contributed by atoms with van der Waals surface area (Å²) >= 11 is 0. The highest BCUT2D eigenvalue weighted by molar-refractivity contribution is 5.61. The predicted octanol–water partition coefficient (Wildman–Crippen LogP) is 2.57. The molecule has 0 aliphatic heterocycles. The van der Waals surface area contributed by atoms with Crippen molar-refractivity contribution in [2.75, 3.05) is 32.1 Å². The van der Waals surface area contributed by atoms with E-state index in [1.807, 2.05) is 33.0 Å². The number of hydrogen-bond donors (Lipinski definition) is 2. The molecule has 0 aliphatic rings. The van der Waals surface area contributed by atoms with E-state index in [4.69, 9.17) is 4.74 Å². The Morgan fingerprint density at radius 1 is 1.40 bits per heavy atom. The number of anilines is 1. The van der Waals surface area contributed by atoms with Gasteiger partial charge < -0.3 is 20.1 Å². The van der Waals surface area contributed by atoms with Gasteiger partial charge in [0.1, 0.15) is 5.75 Å². The zero-order chi connectivity index (χ0) is 15.3. The van der Waals surface area contributed by atoms with E-state index in [9.17, 15) is 5.11 Å². The van der Waals surface area contributed by atoms with E-state index in [0.717, 1.165) is 23.5 Å². The lowest BCUT2D eigenvalue weighted by Crippen LogP contribution is -2.39. The Bertz CT molecular complexity index is 427. The Labute approximate surface area is 122 Å². The second-order valence-electron chi connectivity index (χ2n) is 5.73. The molecule has 0 amide bonds. The third-order valence-corrected chi connectivity index (χ3v) is 3.43. The van der Waals surface area contributed by atoms with Crippen molar-refractivity contribution in [2.45, 2.75) is 39.3 Å². The van der Waals surface area contributed by atoms with Crippen molar-refractivity contribution in [1.29, 1.82) is 0 Å². The second kappa shape index (κ2) is 6.95. The first kappa shape index (κ1) is 16.8.